The van der Waals surface area contributed by atoms with Crippen molar-refractivity contribution >= 4 is 10.9 Å². The van der Waals surface area contributed by atoms with Crippen LogP contribution in [0, 0.1) is 5.82 Å². The Balaban J connectivity index is 1.75. The minimum absolute atomic E-state index is 0.118. The Morgan fingerprint density at radius 2 is 2.09 bits per heavy atom. The molecule has 0 spiro atoms. The smallest absolute Gasteiger partial charge is 0.189 e. The number of halogens is 1. The van der Waals surface area contributed by atoms with Gasteiger partial charge in [-0.2, -0.15) is 0 Å². The first-order valence-corrected chi connectivity index (χ1v) is 8.38. The third kappa shape index (κ3) is 3.46. The number of hydrogen-bond acceptors (Lipinski definition) is 3. The Kier molecular flexibility index (Phi) is 4.78. The van der Waals surface area contributed by atoms with Gasteiger partial charge in [0.1, 0.15) is 5.82 Å². The molecule has 0 bridgehead atoms. The molecule has 1 saturated heterocycles. The topological polar surface area (TPSA) is 39.3 Å². The van der Waals surface area contributed by atoms with Gasteiger partial charge in [0.2, 0.25) is 0 Å². The molecule has 4 nitrogen and oxygen atoms in total. The van der Waals surface area contributed by atoms with Crippen molar-refractivity contribution in [2.24, 2.45) is 0 Å². The number of hydrogen-bond donors (Lipinski definition) is 1. The Morgan fingerprint density at radius 1 is 1.30 bits per heavy atom. The number of H-pyrrole nitrogens is 1. The van der Waals surface area contributed by atoms with Crippen LogP contribution in [0.2, 0.25) is 0 Å². The first-order valence-electron chi connectivity index (χ1n) is 8.38. The highest BCUT2D eigenvalue weighted by atomic mass is 19.1. The Morgan fingerprint density at radius 3 is 2.83 bits per heavy atom. The molecule has 1 aliphatic heterocycles. The molecule has 1 N–H and O–H groups in total. The molecular formula is C18H24FN3O. The van der Waals surface area contributed by atoms with Gasteiger partial charge in [-0.15, -0.1) is 0 Å². The molecule has 124 valence electrons. The Bertz CT molecular complexity index is 739. The summed E-state index contributed by atoms with van der Waals surface area (Å²) in [5, 5.41) is 0.413. The SMILES string of the molecule is CCN(CC)[C@H]1CCN(Cc2cc(=O)c3cc(F)ccc3[nH]2)C1. The molecule has 0 amide bonds. The maximum absolute atomic E-state index is 13.3. The summed E-state index contributed by atoms with van der Waals surface area (Å²) < 4.78 is 13.3. The van der Waals surface area contributed by atoms with E-state index >= 15 is 0 Å². The van der Waals surface area contributed by atoms with Crippen LogP contribution in [-0.2, 0) is 6.54 Å². The van der Waals surface area contributed by atoms with E-state index in [0.717, 1.165) is 38.4 Å². The van der Waals surface area contributed by atoms with Crippen LogP contribution in [0.25, 0.3) is 10.9 Å². The molecule has 3 rings (SSSR count). The zero-order valence-electron chi connectivity index (χ0n) is 13.8. The first kappa shape index (κ1) is 16.1. The van der Waals surface area contributed by atoms with Crippen LogP contribution in [0.4, 0.5) is 4.39 Å². The number of nitrogens with one attached hydrogen (secondary N) is 1. The fourth-order valence-corrected chi connectivity index (χ4v) is 3.59. The predicted octanol–water partition coefficient (Wildman–Crippen LogP) is 2.58. The lowest BCUT2D eigenvalue weighted by Gasteiger charge is -2.26. The maximum Gasteiger partial charge on any atom is 0.189 e. The normalized spacial score (nSPS) is 19.0. The van der Waals surface area contributed by atoms with Crippen molar-refractivity contribution in [2.45, 2.75) is 32.9 Å². The Labute approximate surface area is 135 Å². The zero-order chi connectivity index (χ0) is 16.4. The van der Waals surface area contributed by atoms with Crippen LogP contribution in [0.15, 0.2) is 29.1 Å². The van der Waals surface area contributed by atoms with Gasteiger partial charge in [-0.05, 0) is 37.7 Å². The number of aromatic nitrogens is 1. The molecule has 0 radical (unpaired) electrons. The van der Waals surface area contributed by atoms with Crippen LogP contribution in [0.5, 0.6) is 0 Å². The van der Waals surface area contributed by atoms with Gasteiger partial charge >= 0.3 is 0 Å². The van der Waals surface area contributed by atoms with Gasteiger partial charge in [0.05, 0.1) is 0 Å². The highest BCUT2D eigenvalue weighted by Gasteiger charge is 2.26. The number of nitrogens with zero attached hydrogens (tertiary/aromatic N) is 2. The number of pyridine rings is 1. The van der Waals surface area contributed by atoms with E-state index in [1.807, 2.05) is 0 Å². The first-order chi connectivity index (χ1) is 11.1. The third-order valence-corrected chi connectivity index (χ3v) is 4.82. The van der Waals surface area contributed by atoms with Crippen molar-refractivity contribution in [2.75, 3.05) is 26.2 Å². The largest absolute Gasteiger partial charge is 0.357 e. The molecule has 2 heterocycles. The van der Waals surface area contributed by atoms with E-state index in [9.17, 15) is 9.18 Å². The van der Waals surface area contributed by atoms with Crippen molar-refractivity contribution in [1.29, 1.82) is 0 Å². The van der Waals surface area contributed by atoms with Crippen LogP contribution >= 0.6 is 0 Å². The van der Waals surface area contributed by atoms with Gasteiger partial charge in [-0.25, -0.2) is 4.39 Å². The van der Waals surface area contributed by atoms with E-state index in [0.29, 0.717) is 16.9 Å². The molecule has 1 aliphatic rings. The lowest BCUT2D eigenvalue weighted by molar-refractivity contribution is 0.208. The quantitative estimate of drug-likeness (QED) is 0.921. The van der Waals surface area contributed by atoms with Gasteiger partial charge < -0.3 is 4.98 Å². The van der Waals surface area contributed by atoms with Crippen molar-refractivity contribution in [3.05, 3.63) is 46.0 Å². The van der Waals surface area contributed by atoms with E-state index in [2.05, 4.69) is 28.6 Å². The average Bonchev–Trinajstić information content (AvgIpc) is 2.98. The summed E-state index contributed by atoms with van der Waals surface area (Å²) in [5.41, 5.74) is 1.48. The number of aromatic amines is 1. The highest BCUT2D eigenvalue weighted by Crippen LogP contribution is 2.18. The molecule has 5 heteroatoms. The number of likely N-dealkylation sites (tertiary alicyclic amines) is 1. The summed E-state index contributed by atoms with van der Waals surface area (Å²) in [4.78, 5) is 20.3. The second-order valence-corrected chi connectivity index (χ2v) is 6.25. The van der Waals surface area contributed by atoms with Crippen molar-refractivity contribution in [3.8, 4) is 0 Å². The fraction of sp³-hybridized carbons (Fsp3) is 0.500. The fourth-order valence-electron chi connectivity index (χ4n) is 3.59. The van der Waals surface area contributed by atoms with Crippen LogP contribution in [0.3, 0.4) is 0 Å². The number of benzene rings is 1. The second kappa shape index (κ2) is 6.81. The molecule has 1 aromatic heterocycles. The van der Waals surface area contributed by atoms with Gasteiger partial charge in [0.15, 0.2) is 5.43 Å². The number of rotatable bonds is 5. The molecule has 23 heavy (non-hydrogen) atoms. The molecule has 0 aliphatic carbocycles. The van der Waals surface area contributed by atoms with Crippen molar-refractivity contribution in [3.63, 3.8) is 0 Å². The highest BCUT2D eigenvalue weighted by molar-refractivity contribution is 5.78. The van der Waals surface area contributed by atoms with Crippen LogP contribution in [0.1, 0.15) is 26.0 Å². The zero-order valence-corrected chi connectivity index (χ0v) is 13.8. The summed E-state index contributed by atoms with van der Waals surface area (Å²) in [5.74, 6) is -0.377. The predicted molar refractivity (Wildman–Crippen MR) is 91.1 cm³/mol. The average molecular weight is 317 g/mol. The molecule has 1 atom stereocenters. The summed E-state index contributed by atoms with van der Waals surface area (Å²) in [6.07, 6.45) is 1.17. The van der Waals surface area contributed by atoms with E-state index in [1.165, 1.54) is 18.6 Å². The maximum atomic E-state index is 13.3. The van der Waals surface area contributed by atoms with Gasteiger partial charge in [-0.1, -0.05) is 13.8 Å². The van der Waals surface area contributed by atoms with Gasteiger partial charge in [0.25, 0.3) is 0 Å². The monoisotopic (exact) mass is 317 g/mol. The van der Waals surface area contributed by atoms with Gasteiger partial charge in [0, 0.05) is 48.3 Å². The molecule has 0 unspecified atom stereocenters. The standard InChI is InChI=1S/C18H24FN3O/c1-3-22(4-2)15-7-8-21(12-15)11-14-10-18(23)16-9-13(19)5-6-17(16)20-14/h5-6,9-10,15H,3-4,7-8,11-12H2,1-2H3,(H,20,23)/t15-/m0/s1. The summed E-state index contributed by atoms with van der Waals surface area (Å²) in [7, 11) is 0. The van der Waals surface area contributed by atoms with Crippen LogP contribution in [-0.4, -0.2) is 47.0 Å². The number of likely N-dealkylation sites (N-methyl/N-ethyl adjacent to an activating group) is 1. The summed E-state index contributed by atoms with van der Waals surface area (Å²) in [6.45, 7) is 9.37. The van der Waals surface area contributed by atoms with E-state index < -0.39 is 0 Å². The third-order valence-electron chi connectivity index (χ3n) is 4.82. The lowest BCUT2D eigenvalue weighted by Crippen LogP contribution is -2.37. The Hall–Kier alpha value is -1.72. The minimum Gasteiger partial charge on any atom is -0.357 e. The van der Waals surface area contributed by atoms with Gasteiger partial charge in [-0.3, -0.25) is 14.6 Å². The van der Waals surface area contributed by atoms with E-state index in [-0.39, 0.29) is 11.2 Å². The lowest BCUT2D eigenvalue weighted by atomic mass is 10.2. The van der Waals surface area contributed by atoms with Crippen LogP contribution < -0.4 is 5.43 Å². The summed E-state index contributed by atoms with van der Waals surface area (Å²) in [6, 6.07) is 6.52. The second-order valence-electron chi connectivity index (χ2n) is 6.25. The van der Waals surface area contributed by atoms with Crippen molar-refractivity contribution in [1.82, 2.24) is 14.8 Å². The van der Waals surface area contributed by atoms with Crippen molar-refractivity contribution < 1.29 is 4.39 Å². The molecule has 1 fully saturated rings. The summed E-state index contributed by atoms with van der Waals surface area (Å²) >= 11 is 0. The molecule has 2 aromatic rings. The molecular weight excluding hydrogens is 293 g/mol. The number of fused-ring (bicyclic) bond motifs is 1. The van der Waals surface area contributed by atoms with E-state index in [4.69, 9.17) is 0 Å². The van der Waals surface area contributed by atoms with E-state index in [1.54, 1.807) is 12.1 Å². The molecule has 0 saturated carbocycles. The molecule has 1 aromatic carbocycles. The minimum atomic E-state index is -0.377.